The lowest BCUT2D eigenvalue weighted by molar-refractivity contribution is -0.0227. The summed E-state index contributed by atoms with van der Waals surface area (Å²) in [5, 5.41) is 1.71. The first kappa shape index (κ1) is 28.4. The summed E-state index contributed by atoms with van der Waals surface area (Å²) in [7, 11) is 0. The maximum absolute atomic E-state index is 13.9. The van der Waals surface area contributed by atoms with E-state index >= 15 is 0 Å². The molecule has 2 aromatic carbocycles. The minimum Gasteiger partial charge on any atom is -0.444 e. The Balaban J connectivity index is 1.82. The summed E-state index contributed by atoms with van der Waals surface area (Å²) >= 11 is 10.3. The quantitative estimate of drug-likeness (QED) is 0.223. The van der Waals surface area contributed by atoms with Gasteiger partial charge >= 0.3 is 6.09 Å². The zero-order valence-corrected chi connectivity index (χ0v) is 26.9. The number of benzene rings is 2. The molecule has 0 radical (unpaired) electrons. The second-order valence-corrected chi connectivity index (χ2v) is 15.5. The van der Waals surface area contributed by atoms with E-state index in [1.165, 1.54) is 0 Å². The molecule has 2 heterocycles. The van der Waals surface area contributed by atoms with Crippen molar-refractivity contribution in [1.82, 2.24) is 14.9 Å². The summed E-state index contributed by atoms with van der Waals surface area (Å²) < 4.78 is 10.0. The molecule has 0 aliphatic carbocycles. The molecule has 0 spiro atoms. The summed E-state index contributed by atoms with van der Waals surface area (Å²) in [5.74, 6) is 0. The Morgan fingerprint density at radius 2 is 1.49 bits per heavy atom. The Morgan fingerprint density at radius 3 is 2.03 bits per heavy atom. The Morgan fingerprint density at radius 1 is 0.946 bits per heavy atom. The highest BCUT2D eigenvalue weighted by Crippen LogP contribution is 2.42. The molecular weight excluding hydrogens is 636 g/mol. The monoisotopic (exact) mass is 666 g/mol. The number of thiazole rings is 2. The largest absolute Gasteiger partial charge is 0.444 e. The maximum atomic E-state index is 13.9. The second kappa shape index (κ2) is 10.2. The Kier molecular flexibility index (Phi) is 7.82. The van der Waals surface area contributed by atoms with E-state index in [4.69, 9.17) is 20.4 Å². The van der Waals surface area contributed by atoms with E-state index < -0.39 is 28.8 Å². The van der Waals surface area contributed by atoms with Crippen LogP contribution in [0.3, 0.4) is 0 Å². The van der Waals surface area contributed by atoms with E-state index in [2.05, 4.69) is 37.9 Å². The highest BCUT2D eigenvalue weighted by atomic mass is 79.9. The number of hydrogen-bond donors (Lipinski definition) is 1. The number of hydrogen-bond acceptors (Lipinski definition) is 7. The van der Waals surface area contributed by atoms with E-state index in [9.17, 15) is 4.79 Å². The van der Waals surface area contributed by atoms with Crippen LogP contribution in [0.25, 0.3) is 20.4 Å². The molecule has 4 aromatic rings. The molecule has 1 unspecified atom stereocenters. The lowest BCUT2D eigenvalue weighted by Crippen LogP contribution is -2.59. The lowest BCUT2D eigenvalue weighted by atomic mass is 9.88. The average Bonchev–Trinajstić information content (AvgIpc) is 3.30. The van der Waals surface area contributed by atoms with E-state index in [-0.39, 0.29) is 0 Å². The third kappa shape index (κ3) is 6.53. The predicted molar refractivity (Wildman–Crippen MR) is 162 cm³/mol. The molecule has 198 valence electrons. The molecule has 10 heteroatoms. The van der Waals surface area contributed by atoms with Crippen molar-refractivity contribution in [3.63, 3.8) is 0 Å². The van der Waals surface area contributed by atoms with Crippen LogP contribution in [0, 0.1) is 0 Å². The van der Waals surface area contributed by atoms with Crippen molar-refractivity contribution in [1.29, 1.82) is 0 Å². The minimum absolute atomic E-state index is 0.426. The first-order valence-corrected chi connectivity index (χ1v) is 15.2. The van der Waals surface area contributed by atoms with Crippen LogP contribution in [0.2, 0.25) is 0 Å². The van der Waals surface area contributed by atoms with E-state index in [0.717, 1.165) is 39.4 Å². The smallest absolute Gasteiger partial charge is 0.411 e. The van der Waals surface area contributed by atoms with E-state index in [1.807, 2.05) is 78.8 Å². The summed E-state index contributed by atoms with van der Waals surface area (Å²) in [6.45, 7) is 13.6. The summed E-state index contributed by atoms with van der Waals surface area (Å²) in [6.07, 6.45) is 0.108. The average molecular weight is 669 g/mol. The van der Waals surface area contributed by atoms with E-state index in [1.54, 1.807) is 27.6 Å². The molecule has 4 rings (SSSR count). The number of aromatic nitrogens is 2. The number of halogens is 2. The van der Waals surface area contributed by atoms with Gasteiger partial charge in [0, 0.05) is 26.4 Å². The fourth-order valence-electron chi connectivity index (χ4n) is 4.29. The van der Waals surface area contributed by atoms with Gasteiger partial charge in [-0.1, -0.05) is 31.9 Å². The standard InChI is InChI=1S/C27H32Br2N4O2S2/c1-25(2,3)35-24(34)33(26(4,5)14-21-31-17-12-15(28)8-10-19(17)36-21)22(27(6,7)30)23-32-18-13-16(29)9-11-20(18)37-23/h8-13,22H,14,30H2,1-7H3. The molecule has 0 fully saturated rings. The van der Waals surface area contributed by atoms with Crippen molar-refractivity contribution in [3.05, 3.63) is 55.4 Å². The minimum atomic E-state index is -0.808. The third-order valence-electron chi connectivity index (χ3n) is 5.78. The summed E-state index contributed by atoms with van der Waals surface area (Å²) in [4.78, 5) is 25.5. The van der Waals surface area contributed by atoms with Crippen molar-refractivity contribution >= 4 is 81.1 Å². The van der Waals surface area contributed by atoms with Crippen LogP contribution in [-0.4, -0.2) is 37.6 Å². The molecule has 0 aliphatic rings. The number of amides is 1. The van der Waals surface area contributed by atoms with Gasteiger partial charge in [-0.05, 0) is 84.9 Å². The van der Waals surface area contributed by atoms with Crippen molar-refractivity contribution in [3.8, 4) is 0 Å². The maximum Gasteiger partial charge on any atom is 0.411 e. The number of fused-ring (bicyclic) bond motifs is 2. The van der Waals surface area contributed by atoms with Gasteiger partial charge in [0.2, 0.25) is 0 Å². The Labute approximate surface area is 242 Å². The highest BCUT2D eigenvalue weighted by molar-refractivity contribution is 9.10. The predicted octanol–water partition coefficient (Wildman–Crippen LogP) is 8.47. The van der Waals surface area contributed by atoms with Crippen LogP contribution in [0.1, 0.15) is 64.5 Å². The first-order chi connectivity index (χ1) is 17.0. The van der Waals surface area contributed by atoms with Crippen LogP contribution >= 0.6 is 54.5 Å². The van der Waals surface area contributed by atoms with Crippen molar-refractivity contribution < 1.29 is 9.53 Å². The highest BCUT2D eigenvalue weighted by Gasteiger charge is 2.46. The molecule has 0 saturated carbocycles. The van der Waals surface area contributed by atoms with Crippen LogP contribution in [0.5, 0.6) is 0 Å². The van der Waals surface area contributed by atoms with Crippen molar-refractivity contribution in [2.75, 3.05) is 0 Å². The molecule has 37 heavy (non-hydrogen) atoms. The van der Waals surface area contributed by atoms with Gasteiger partial charge in [-0.25, -0.2) is 14.8 Å². The second-order valence-electron chi connectivity index (χ2n) is 11.4. The molecule has 6 nitrogen and oxygen atoms in total. The zero-order chi connectivity index (χ0) is 27.3. The van der Waals surface area contributed by atoms with E-state index in [0.29, 0.717) is 6.42 Å². The van der Waals surface area contributed by atoms with Gasteiger partial charge in [0.25, 0.3) is 0 Å². The van der Waals surface area contributed by atoms with Crippen LogP contribution in [0.4, 0.5) is 4.79 Å². The zero-order valence-electron chi connectivity index (χ0n) is 22.1. The normalized spacial score (nSPS) is 13.8. The SMILES string of the molecule is CC(C)(C)OC(=O)N(C(c1nc2cc(Br)ccc2s1)C(C)(C)N)C(C)(C)Cc1nc2cc(Br)ccc2s1. The van der Waals surface area contributed by atoms with Crippen molar-refractivity contribution in [2.24, 2.45) is 5.73 Å². The third-order valence-corrected chi connectivity index (χ3v) is 8.89. The number of carbonyl (C=O) groups excluding carboxylic acids is 1. The van der Waals surface area contributed by atoms with Gasteiger partial charge in [-0.3, -0.25) is 4.90 Å². The van der Waals surface area contributed by atoms with Gasteiger partial charge in [0.05, 0.1) is 25.4 Å². The number of rotatable bonds is 6. The molecule has 0 bridgehead atoms. The topological polar surface area (TPSA) is 81.3 Å². The molecule has 1 amide bonds. The molecule has 1 atom stereocenters. The number of ether oxygens (including phenoxy) is 1. The summed E-state index contributed by atoms with van der Waals surface area (Å²) in [5.41, 5.74) is 6.45. The molecule has 2 N–H and O–H groups in total. The molecule has 2 aromatic heterocycles. The molecule has 0 aliphatic heterocycles. The van der Waals surface area contributed by atoms with Crippen LogP contribution < -0.4 is 5.73 Å². The number of nitrogens with zero attached hydrogens (tertiary/aromatic N) is 3. The Hall–Kier alpha value is -1.59. The number of carbonyl (C=O) groups is 1. The number of nitrogens with two attached hydrogens (primary N) is 1. The molecular formula is C27H32Br2N4O2S2. The van der Waals surface area contributed by atoms with Crippen molar-refractivity contribution in [2.45, 2.75) is 77.6 Å². The fourth-order valence-corrected chi connectivity index (χ4v) is 7.39. The summed E-state index contributed by atoms with van der Waals surface area (Å²) in [6, 6.07) is 11.6. The Bertz CT molecular complexity index is 1450. The van der Waals surface area contributed by atoms with Gasteiger partial charge in [-0.15, -0.1) is 22.7 Å². The van der Waals surface area contributed by atoms with Gasteiger partial charge in [0.15, 0.2) is 0 Å². The molecule has 0 saturated heterocycles. The lowest BCUT2D eigenvalue weighted by Gasteiger charge is -2.47. The van der Waals surface area contributed by atoms with Crippen LogP contribution in [0.15, 0.2) is 45.3 Å². The first-order valence-electron chi connectivity index (χ1n) is 12.0. The van der Waals surface area contributed by atoms with Gasteiger partial charge < -0.3 is 10.5 Å². The fraction of sp³-hybridized carbons (Fsp3) is 0.444. The van der Waals surface area contributed by atoms with Gasteiger partial charge in [-0.2, -0.15) is 0 Å². The van der Waals surface area contributed by atoms with Gasteiger partial charge in [0.1, 0.15) is 16.7 Å². The van der Waals surface area contributed by atoms with Crippen LogP contribution in [-0.2, 0) is 11.2 Å².